The topological polar surface area (TPSA) is 90.0 Å². The van der Waals surface area contributed by atoms with Crippen molar-refractivity contribution in [2.45, 2.75) is 18.4 Å². The Morgan fingerprint density at radius 1 is 1.03 bits per heavy atom. The third kappa shape index (κ3) is 5.72. The molecule has 1 heterocycles. The number of nitrogens with zero attached hydrogens (tertiary/aromatic N) is 1. The Morgan fingerprint density at radius 3 is 2.47 bits per heavy atom. The normalized spacial score (nSPS) is 15.0. The van der Waals surface area contributed by atoms with E-state index < -0.39 is 27.1 Å². The molecule has 0 spiro atoms. The molecule has 0 unspecified atom stereocenters. The van der Waals surface area contributed by atoms with Crippen LogP contribution in [-0.2, 0) is 21.5 Å². The van der Waals surface area contributed by atoms with Crippen LogP contribution in [0.5, 0.6) is 11.5 Å². The van der Waals surface area contributed by atoms with E-state index in [4.69, 9.17) is 20.5 Å². The highest BCUT2D eigenvalue weighted by Crippen LogP contribution is 2.36. The second-order valence-electron chi connectivity index (χ2n) is 7.49. The van der Waals surface area contributed by atoms with Crippen LogP contribution in [-0.4, -0.2) is 31.1 Å². The number of ether oxygens (including phenoxy) is 1. The molecule has 0 bridgehead atoms. The van der Waals surface area contributed by atoms with Crippen LogP contribution < -0.4 is 8.92 Å². The van der Waals surface area contributed by atoms with Crippen molar-refractivity contribution in [3.05, 3.63) is 93.6 Å². The van der Waals surface area contributed by atoms with E-state index in [-0.39, 0.29) is 39.5 Å². The lowest BCUT2D eigenvalue weighted by atomic mass is 10.1. The van der Waals surface area contributed by atoms with E-state index in [9.17, 15) is 22.4 Å². The quantitative estimate of drug-likeness (QED) is 0.257. The second-order valence-corrected chi connectivity index (χ2v) is 10.4. The van der Waals surface area contributed by atoms with E-state index in [1.807, 2.05) is 0 Å². The number of hydrogen-bond donors (Lipinski definition) is 0. The summed E-state index contributed by atoms with van der Waals surface area (Å²) in [6.45, 7) is 1.86. The van der Waals surface area contributed by atoms with Crippen molar-refractivity contribution in [1.29, 1.82) is 0 Å². The third-order valence-corrected chi connectivity index (χ3v) is 7.52. The van der Waals surface area contributed by atoms with E-state index in [1.165, 1.54) is 42.5 Å². The molecular weight excluding hydrogens is 529 g/mol. The van der Waals surface area contributed by atoms with Crippen molar-refractivity contribution < 1.29 is 31.3 Å². The average molecular weight is 548 g/mol. The fourth-order valence-corrected chi connectivity index (χ4v) is 5.34. The summed E-state index contributed by atoms with van der Waals surface area (Å²) in [5, 5.41) is -0.383. The van der Waals surface area contributed by atoms with Gasteiger partial charge in [0.1, 0.15) is 10.7 Å². The smallest absolute Gasteiger partial charge is 0.339 e. The Kier molecular flexibility index (Phi) is 7.67. The number of carbonyl (C=O) groups excluding carboxylic acids is 2. The molecule has 1 aliphatic rings. The number of halogens is 2. The molecule has 0 aromatic heterocycles. The summed E-state index contributed by atoms with van der Waals surface area (Å²) in [5.74, 6) is -0.915. The first-order valence-corrected chi connectivity index (χ1v) is 13.2. The van der Waals surface area contributed by atoms with Crippen LogP contribution in [0, 0.1) is 5.82 Å². The van der Waals surface area contributed by atoms with Crippen molar-refractivity contribution in [3.8, 4) is 11.5 Å². The molecule has 1 aliphatic heterocycles. The van der Waals surface area contributed by atoms with Crippen LogP contribution >= 0.6 is 23.4 Å². The molecule has 2 amide bonds. The number of carbonyl (C=O) groups is 2. The minimum Gasteiger partial charge on any atom is -0.490 e. The Labute approximate surface area is 216 Å². The Bertz CT molecular complexity index is 1460. The van der Waals surface area contributed by atoms with Crippen LogP contribution in [0.25, 0.3) is 6.08 Å². The first kappa shape index (κ1) is 25.7. The van der Waals surface area contributed by atoms with Crippen molar-refractivity contribution in [2.24, 2.45) is 0 Å². The van der Waals surface area contributed by atoms with Crippen LogP contribution in [0.2, 0.25) is 5.02 Å². The summed E-state index contributed by atoms with van der Waals surface area (Å²) >= 11 is 6.79. The van der Waals surface area contributed by atoms with E-state index in [0.717, 1.165) is 22.7 Å². The SMILES string of the molecule is CCOc1cc(/C=C2\SC(=O)N(Cc3ccc(F)cc3Cl)C2=O)ccc1OS(=O)(=O)c1ccccc1. The molecule has 0 aliphatic carbocycles. The fraction of sp³-hybridized carbons (Fsp3) is 0.120. The highest BCUT2D eigenvalue weighted by atomic mass is 35.5. The van der Waals surface area contributed by atoms with Gasteiger partial charge in [-0.3, -0.25) is 14.5 Å². The molecule has 11 heteroatoms. The summed E-state index contributed by atoms with van der Waals surface area (Å²) in [6.07, 6.45) is 1.50. The predicted octanol–water partition coefficient (Wildman–Crippen LogP) is 5.88. The standard InChI is InChI=1S/C25H19ClFNO6S2/c1-2-33-22-12-16(8-11-21(22)34-36(31,32)19-6-4-3-5-7-19)13-23-24(29)28(25(30)35-23)15-17-9-10-18(27)14-20(17)26/h3-14H,2,15H2,1H3/b23-13-. The number of hydrogen-bond acceptors (Lipinski definition) is 7. The maximum atomic E-state index is 13.3. The zero-order valence-electron chi connectivity index (χ0n) is 18.8. The van der Waals surface area contributed by atoms with Gasteiger partial charge < -0.3 is 8.92 Å². The van der Waals surface area contributed by atoms with Gasteiger partial charge in [0, 0.05) is 5.02 Å². The average Bonchev–Trinajstić information content (AvgIpc) is 3.10. The zero-order valence-corrected chi connectivity index (χ0v) is 21.2. The van der Waals surface area contributed by atoms with Gasteiger partial charge in [0.25, 0.3) is 11.1 Å². The molecule has 4 rings (SSSR count). The van der Waals surface area contributed by atoms with Gasteiger partial charge >= 0.3 is 10.1 Å². The van der Waals surface area contributed by atoms with E-state index in [0.29, 0.717) is 11.1 Å². The molecule has 0 saturated carbocycles. The van der Waals surface area contributed by atoms with Crippen molar-refractivity contribution in [1.82, 2.24) is 4.90 Å². The van der Waals surface area contributed by atoms with Gasteiger partial charge in [-0.1, -0.05) is 41.9 Å². The first-order chi connectivity index (χ1) is 17.2. The minimum atomic E-state index is -4.09. The van der Waals surface area contributed by atoms with Crippen LogP contribution in [0.3, 0.4) is 0 Å². The molecule has 1 saturated heterocycles. The maximum absolute atomic E-state index is 13.3. The largest absolute Gasteiger partial charge is 0.490 e. The van der Waals surface area contributed by atoms with Gasteiger partial charge in [0.2, 0.25) is 0 Å². The number of benzene rings is 3. The molecule has 0 radical (unpaired) electrons. The van der Waals surface area contributed by atoms with Crippen LogP contribution in [0.4, 0.5) is 9.18 Å². The molecular formula is C25H19ClFNO6S2. The van der Waals surface area contributed by atoms with E-state index in [1.54, 1.807) is 31.2 Å². The van der Waals surface area contributed by atoms with Gasteiger partial charge in [-0.15, -0.1) is 0 Å². The van der Waals surface area contributed by atoms with Gasteiger partial charge in [-0.25, -0.2) is 4.39 Å². The van der Waals surface area contributed by atoms with Gasteiger partial charge in [0.15, 0.2) is 11.5 Å². The molecule has 1 fully saturated rings. The second kappa shape index (κ2) is 10.7. The lowest BCUT2D eigenvalue weighted by molar-refractivity contribution is -0.123. The molecule has 0 N–H and O–H groups in total. The Hall–Kier alpha value is -3.34. The summed E-state index contributed by atoms with van der Waals surface area (Å²) in [7, 11) is -4.09. The highest BCUT2D eigenvalue weighted by Gasteiger charge is 2.35. The molecule has 7 nitrogen and oxygen atoms in total. The van der Waals surface area contributed by atoms with Gasteiger partial charge in [-0.05, 0) is 72.3 Å². The molecule has 3 aromatic carbocycles. The number of thioether (sulfide) groups is 1. The number of imide groups is 1. The molecule has 36 heavy (non-hydrogen) atoms. The lowest BCUT2D eigenvalue weighted by Crippen LogP contribution is -2.27. The van der Waals surface area contributed by atoms with Gasteiger partial charge in [0.05, 0.1) is 18.1 Å². The molecule has 0 atom stereocenters. The van der Waals surface area contributed by atoms with Crippen LogP contribution in [0.15, 0.2) is 76.5 Å². The summed E-state index contributed by atoms with van der Waals surface area (Å²) < 4.78 is 49.4. The predicted molar refractivity (Wildman–Crippen MR) is 135 cm³/mol. The summed E-state index contributed by atoms with van der Waals surface area (Å²) in [6, 6.07) is 15.9. The fourth-order valence-electron chi connectivity index (χ4n) is 3.31. The highest BCUT2D eigenvalue weighted by molar-refractivity contribution is 8.18. The van der Waals surface area contributed by atoms with Crippen LogP contribution in [0.1, 0.15) is 18.1 Å². The molecule has 186 valence electrons. The number of rotatable bonds is 8. The lowest BCUT2D eigenvalue weighted by Gasteiger charge is -2.14. The zero-order chi connectivity index (χ0) is 25.9. The first-order valence-electron chi connectivity index (χ1n) is 10.6. The van der Waals surface area contributed by atoms with Crippen molar-refractivity contribution in [2.75, 3.05) is 6.61 Å². The minimum absolute atomic E-state index is 0.00791. The summed E-state index contributed by atoms with van der Waals surface area (Å²) in [4.78, 5) is 26.5. The Morgan fingerprint density at radius 2 is 1.78 bits per heavy atom. The maximum Gasteiger partial charge on any atom is 0.339 e. The van der Waals surface area contributed by atoms with E-state index >= 15 is 0 Å². The third-order valence-electron chi connectivity index (χ3n) is 5.01. The van der Waals surface area contributed by atoms with Crippen molar-refractivity contribution >= 4 is 50.7 Å². The molecule has 3 aromatic rings. The van der Waals surface area contributed by atoms with E-state index in [2.05, 4.69) is 0 Å². The van der Waals surface area contributed by atoms with Crippen molar-refractivity contribution in [3.63, 3.8) is 0 Å². The Balaban J connectivity index is 1.57. The monoisotopic (exact) mass is 547 g/mol. The number of amides is 2. The summed E-state index contributed by atoms with van der Waals surface area (Å²) in [5.41, 5.74) is 0.926. The van der Waals surface area contributed by atoms with Gasteiger partial charge in [-0.2, -0.15) is 8.42 Å².